The molecule has 1 aliphatic heterocycles. The van der Waals surface area contributed by atoms with Crippen LogP contribution < -0.4 is 16.4 Å². The topological polar surface area (TPSA) is 84.2 Å². The van der Waals surface area contributed by atoms with E-state index in [1.54, 1.807) is 0 Å². The largest absolute Gasteiger partial charge is 0.327 e. The fraction of sp³-hybridized carbons (Fsp3) is 0.500. The summed E-state index contributed by atoms with van der Waals surface area (Å²) in [5.74, 6) is 0.714. The van der Waals surface area contributed by atoms with Crippen molar-refractivity contribution in [3.8, 4) is 0 Å². The van der Waals surface area contributed by atoms with E-state index in [0.29, 0.717) is 12.2 Å². The van der Waals surface area contributed by atoms with Gasteiger partial charge in [0.25, 0.3) is 0 Å². The zero-order chi connectivity index (χ0) is 15.5. The molecule has 0 spiro atoms. The highest BCUT2D eigenvalue weighted by molar-refractivity contribution is 8.00. The maximum atomic E-state index is 12.2. The van der Waals surface area contributed by atoms with E-state index >= 15 is 0 Å². The Bertz CT molecular complexity index is 591. The highest BCUT2D eigenvalue weighted by Gasteiger charge is 2.24. The fourth-order valence-electron chi connectivity index (χ4n) is 3.10. The molecule has 1 fully saturated rings. The molecule has 22 heavy (non-hydrogen) atoms. The Morgan fingerprint density at radius 2 is 2.18 bits per heavy atom. The number of anilines is 2. The first kappa shape index (κ1) is 15.4. The predicted octanol–water partition coefficient (Wildman–Crippen LogP) is 2.58. The molecule has 1 saturated carbocycles. The highest BCUT2D eigenvalue weighted by atomic mass is 32.2. The molecule has 4 N–H and O–H groups in total. The molecule has 2 aliphatic rings. The van der Waals surface area contributed by atoms with Crippen LogP contribution in [0.25, 0.3) is 0 Å². The number of carbonyl (C=O) groups is 2. The van der Waals surface area contributed by atoms with Crippen molar-refractivity contribution in [1.82, 2.24) is 0 Å². The lowest BCUT2D eigenvalue weighted by Gasteiger charge is -2.28. The molecule has 1 aliphatic carbocycles. The number of nitrogens with one attached hydrogen (secondary N) is 2. The summed E-state index contributed by atoms with van der Waals surface area (Å²) in [5, 5.41) is 5.75. The summed E-state index contributed by atoms with van der Waals surface area (Å²) >= 11 is 1.51. The number of hydrogen-bond acceptors (Lipinski definition) is 4. The van der Waals surface area contributed by atoms with Gasteiger partial charge < -0.3 is 16.4 Å². The highest BCUT2D eigenvalue weighted by Crippen LogP contribution is 2.33. The van der Waals surface area contributed by atoms with Crippen LogP contribution in [0.4, 0.5) is 11.4 Å². The van der Waals surface area contributed by atoms with Crippen molar-refractivity contribution in [3.63, 3.8) is 0 Å². The van der Waals surface area contributed by atoms with Gasteiger partial charge in [-0.1, -0.05) is 12.8 Å². The summed E-state index contributed by atoms with van der Waals surface area (Å²) in [7, 11) is 0. The smallest absolute Gasteiger partial charge is 0.234 e. The number of amides is 2. The van der Waals surface area contributed by atoms with Crippen molar-refractivity contribution < 1.29 is 9.59 Å². The molecular weight excluding hydrogens is 298 g/mol. The van der Waals surface area contributed by atoms with Gasteiger partial charge in [-0.25, -0.2) is 0 Å². The molecule has 6 heteroatoms. The standard InChI is InChI=1S/C16H21N3O2S/c17-12-4-2-1-3-10(12)7-15(20)18-11-5-6-14-13(8-11)19-16(21)9-22-14/h5-6,8,10,12H,1-4,7,9,17H2,(H,18,20)(H,19,21). The number of thioether (sulfide) groups is 1. The average molecular weight is 319 g/mol. The minimum absolute atomic E-state index is 0.00270. The summed E-state index contributed by atoms with van der Waals surface area (Å²) in [5.41, 5.74) is 7.59. The van der Waals surface area contributed by atoms with Crippen molar-refractivity contribution in [3.05, 3.63) is 18.2 Å². The van der Waals surface area contributed by atoms with Crippen LogP contribution in [-0.2, 0) is 9.59 Å². The van der Waals surface area contributed by atoms with E-state index in [0.717, 1.165) is 35.5 Å². The van der Waals surface area contributed by atoms with Crippen LogP contribution >= 0.6 is 11.8 Å². The van der Waals surface area contributed by atoms with Crippen LogP contribution in [0.15, 0.2) is 23.1 Å². The number of fused-ring (bicyclic) bond motifs is 1. The van der Waals surface area contributed by atoms with E-state index in [9.17, 15) is 9.59 Å². The quantitative estimate of drug-likeness (QED) is 0.799. The van der Waals surface area contributed by atoms with Gasteiger partial charge in [-0.3, -0.25) is 9.59 Å². The summed E-state index contributed by atoms with van der Waals surface area (Å²) < 4.78 is 0. The SMILES string of the molecule is NC1CCCCC1CC(=O)Nc1ccc2c(c1)NC(=O)CS2. The minimum atomic E-state index is -0.00541. The first-order valence-corrected chi connectivity index (χ1v) is 8.72. The molecular formula is C16H21N3O2S. The van der Waals surface area contributed by atoms with Gasteiger partial charge in [-0.05, 0) is 37.0 Å². The molecule has 2 atom stereocenters. The van der Waals surface area contributed by atoms with Crippen molar-refractivity contribution in [2.75, 3.05) is 16.4 Å². The Morgan fingerprint density at radius 1 is 1.36 bits per heavy atom. The molecule has 1 aromatic carbocycles. The van der Waals surface area contributed by atoms with Crippen molar-refractivity contribution >= 4 is 35.0 Å². The van der Waals surface area contributed by atoms with Gasteiger partial charge in [0, 0.05) is 23.0 Å². The Morgan fingerprint density at radius 3 is 3.00 bits per heavy atom. The number of carbonyl (C=O) groups excluding carboxylic acids is 2. The molecule has 2 amide bonds. The van der Waals surface area contributed by atoms with Gasteiger partial charge in [-0.15, -0.1) is 11.8 Å². The van der Waals surface area contributed by atoms with Gasteiger partial charge >= 0.3 is 0 Å². The lowest BCUT2D eigenvalue weighted by Crippen LogP contribution is -2.35. The molecule has 0 radical (unpaired) electrons. The molecule has 1 aromatic rings. The Hall–Kier alpha value is -1.53. The Labute approximate surface area is 134 Å². The molecule has 2 unspecified atom stereocenters. The van der Waals surface area contributed by atoms with Crippen LogP contribution in [0, 0.1) is 5.92 Å². The first-order valence-electron chi connectivity index (χ1n) is 7.74. The average Bonchev–Trinajstić information content (AvgIpc) is 2.49. The Balaban J connectivity index is 1.61. The molecule has 0 bridgehead atoms. The van der Waals surface area contributed by atoms with Crippen LogP contribution in [0.2, 0.25) is 0 Å². The zero-order valence-corrected chi connectivity index (χ0v) is 13.2. The lowest BCUT2D eigenvalue weighted by molar-refractivity contribution is -0.117. The molecule has 118 valence electrons. The van der Waals surface area contributed by atoms with E-state index in [-0.39, 0.29) is 23.8 Å². The van der Waals surface area contributed by atoms with Crippen LogP contribution in [0.3, 0.4) is 0 Å². The maximum Gasteiger partial charge on any atom is 0.234 e. The number of rotatable bonds is 3. The van der Waals surface area contributed by atoms with E-state index in [2.05, 4.69) is 10.6 Å². The van der Waals surface area contributed by atoms with E-state index in [1.807, 2.05) is 18.2 Å². The predicted molar refractivity (Wildman–Crippen MR) is 89.0 cm³/mol. The molecule has 0 saturated heterocycles. The Kier molecular flexibility index (Phi) is 4.69. The van der Waals surface area contributed by atoms with Crippen molar-refractivity contribution in [1.29, 1.82) is 0 Å². The monoisotopic (exact) mass is 319 g/mol. The van der Waals surface area contributed by atoms with Gasteiger partial charge in [0.15, 0.2) is 0 Å². The summed E-state index contributed by atoms with van der Waals surface area (Å²) in [6, 6.07) is 5.76. The lowest BCUT2D eigenvalue weighted by atomic mass is 9.83. The normalized spacial score (nSPS) is 24.3. The third-order valence-corrected chi connectivity index (χ3v) is 5.39. The molecule has 0 aromatic heterocycles. The summed E-state index contributed by atoms with van der Waals surface area (Å²) in [6.45, 7) is 0. The summed E-state index contributed by atoms with van der Waals surface area (Å²) in [6.07, 6.45) is 4.85. The van der Waals surface area contributed by atoms with Crippen molar-refractivity contribution in [2.24, 2.45) is 11.7 Å². The van der Waals surface area contributed by atoms with Crippen LogP contribution in [0.1, 0.15) is 32.1 Å². The van der Waals surface area contributed by atoms with Gasteiger partial charge in [0.2, 0.25) is 11.8 Å². The van der Waals surface area contributed by atoms with E-state index in [4.69, 9.17) is 5.73 Å². The third-order valence-electron chi connectivity index (χ3n) is 4.31. The van der Waals surface area contributed by atoms with Gasteiger partial charge in [-0.2, -0.15) is 0 Å². The summed E-state index contributed by atoms with van der Waals surface area (Å²) in [4.78, 5) is 24.7. The number of benzene rings is 1. The van der Waals surface area contributed by atoms with Gasteiger partial charge in [0.05, 0.1) is 11.4 Å². The van der Waals surface area contributed by atoms with Crippen LogP contribution in [0.5, 0.6) is 0 Å². The fourth-order valence-corrected chi connectivity index (χ4v) is 3.89. The van der Waals surface area contributed by atoms with E-state index in [1.165, 1.54) is 18.2 Å². The third kappa shape index (κ3) is 3.62. The van der Waals surface area contributed by atoms with Gasteiger partial charge in [0.1, 0.15) is 0 Å². The molecule has 5 nitrogen and oxygen atoms in total. The van der Waals surface area contributed by atoms with Crippen molar-refractivity contribution in [2.45, 2.75) is 43.0 Å². The number of nitrogens with two attached hydrogens (primary N) is 1. The second-order valence-electron chi connectivity index (χ2n) is 6.01. The molecule has 3 rings (SSSR count). The first-order chi connectivity index (χ1) is 10.6. The second-order valence-corrected chi connectivity index (χ2v) is 7.03. The second kappa shape index (κ2) is 6.71. The number of hydrogen-bond donors (Lipinski definition) is 3. The minimum Gasteiger partial charge on any atom is -0.327 e. The van der Waals surface area contributed by atoms with Crippen LogP contribution in [-0.4, -0.2) is 23.6 Å². The van der Waals surface area contributed by atoms with E-state index < -0.39 is 0 Å². The maximum absolute atomic E-state index is 12.2. The molecule has 1 heterocycles. The zero-order valence-electron chi connectivity index (χ0n) is 12.4.